The van der Waals surface area contributed by atoms with Gasteiger partial charge in [0.2, 0.25) is 5.70 Å². The molecule has 0 aliphatic carbocycles. The van der Waals surface area contributed by atoms with Gasteiger partial charge in [0.15, 0.2) is 6.29 Å². The summed E-state index contributed by atoms with van der Waals surface area (Å²) in [5.41, 5.74) is 0.131. The molecule has 0 N–H and O–H groups in total. The molecule has 0 saturated heterocycles. The SMILES string of the molecule is CCCCC/C=C/C/C=C/C/C=C/C/C=C/C/C(=C/CC[C]=O)[N+](=O)[O-]. The van der Waals surface area contributed by atoms with Crippen LogP contribution < -0.4 is 0 Å². The zero-order valence-electron chi connectivity index (χ0n) is 15.9. The van der Waals surface area contributed by atoms with Crippen molar-refractivity contribution >= 4 is 6.29 Å². The van der Waals surface area contributed by atoms with Crippen molar-refractivity contribution in [1.82, 2.24) is 0 Å². The van der Waals surface area contributed by atoms with E-state index in [2.05, 4.69) is 43.4 Å². The highest BCUT2D eigenvalue weighted by atomic mass is 16.6. The number of unbranched alkanes of at least 4 members (excludes halogenated alkanes) is 4. The van der Waals surface area contributed by atoms with Gasteiger partial charge in [0.25, 0.3) is 0 Å². The number of nitro groups is 1. The van der Waals surface area contributed by atoms with E-state index in [9.17, 15) is 14.9 Å². The summed E-state index contributed by atoms with van der Waals surface area (Å²) < 4.78 is 0. The number of nitrogens with zero attached hydrogens (tertiary/aromatic N) is 1. The second kappa shape index (κ2) is 19.1. The average Bonchev–Trinajstić information content (AvgIpc) is 2.63. The molecule has 0 aromatic heterocycles. The number of carbonyl (C=O) groups excluding carboxylic acids is 1. The van der Waals surface area contributed by atoms with E-state index in [0.717, 1.165) is 19.3 Å². The first-order valence-corrected chi connectivity index (χ1v) is 9.50. The molecule has 0 fully saturated rings. The Balaban J connectivity index is 3.83. The van der Waals surface area contributed by atoms with Gasteiger partial charge in [0, 0.05) is 6.42 Å². The minimum Gasteiger partial charge on any atom is -0.291 e. The minimum atomic E-state index is -0.395. The standard InChI is InChI=1S/C22H32NO3/c1-2-3-4-5-6-7-8-9-10-11-12-13-14-15-16-19-22(23(25)26)20-17-18-21-24/h6-7,9-10,12-13,15-16,20H,2-5,8,11,14,17-19H2,1H3/b7-6+,10-9+,13-12+,16-15+,22-20-. The van der Waals surface area contributed by atoms with Crippen molar-refractivity contribution in [3.8, 4) is 0 Å². The lowest BCUT2D eigenvalue weighted by molar-refractivity contribution is -0.427. The van der Waals surface area contributed by atoms with Crippen LogP contribution in [0.1, 0.15) is 71.1 Å². The average molecular weight is 359 g/mol. The molecule has 0 atom stereocenters. The van der Waals surface area contributed by atoms with Crippen LogP contribution in [0, 0.1) is 10.1 Å². The van der Waals surface area contributed by atoms with Crippen LogP contribution in [0.25, 0.3) is 0 Å². The first kappa shape index (κ1) is 23.8. The monoisotopic (exact) mass is 358 g/mol. The van der Waals surface area contributed by atoms with Crippen LogP contribution in [-0.2, 0) is 4.79 Å². The number of allylic oxidation sites excluding steroid dienone is 9. The van der Waals surface area contributed by atoms with Crippen molar-refractivity contribution in [3.05, 3.63) is 70.5 Å². The van der Waals surface area contributed by atoms with Crippen molar-refractivity contribution in [3.63, 3.8) is 0 Å². The van der Waals surface area contributed by atoms with Crippen molar-refractivity contribution in [2.75, 3.05) is 0 Å². The van der Waals surface area contributed by atoms with Crippen LogP contribution in [0.15, 0.2) is 60.4 Å². The zero-order chi connectivity index (χ0) is 19.3. The van der Waals surface area contributed by atoms with Gasteiger partial charge >= 0.3 is 0 Å². The third-order valence-electron chi connectivity index (χ3n) is 3.65. The molecular weight excluding hydrogens is 326 g/mol. The van der Waals surface area contributed by atoms with E-state index < -0.39 is 4.92 Å². The first-order valence-electron chi connectivity index (χ1n) is 9.50. The number of hydrogen-bond donors (Lipinski definition) is 0. The van der Waals surface area contributed by atoms with Crippen molar-refractivity contribution < 1.29 is 9.72 Å². The highest BCUT2D eigenvalue weighted by Gasteiger charge is 2.06. The molecule has 0 aromatic carbocycles. The molecular formula is C22H32NO3. The summed E-state index contributed by atoms with van der Waals surface area (Å²) >= 11 is 0. The second-order valence-corrected chi connectivity index (χ2v) is 5.93. The largest absolute Gasteiger partial charge is 0.291 e. The molecule has 0 heterocycles. The Morgan fingerprint density at radius 1 is 0.885 bits per heavy atom. The van der Waals surface area contributed by atoms with Crippen LogP contribution in [0.3, 0.4) is 0 Å². The number of hydrogen-bond acceptors (Lipinski definition) is 3. The van der Waals surface area contributed by atoms with Gasteiger partial charge in [-0.15, -0.1) is 0 Å². The smallest absolute Gasteiger partial charge is 0.246 e. The summed E-state index contributed by atoms with van der Waals surface area (Å²) in [7, 11) is 0. The second-order valence-electron chi connectivity index (χ2n) is 5.93. The van der Waals surface area contributed by atoms with E-state index in [0.29, 0.717) is 6.42 Å². The molecule has 1 radical (unpaired) electrons. The molecule has 0 spiro atoms. The Hall–Kier alpha value is -2.23. The third kappa shape index (κ3) is 16.6. The summed E-state index contributed by atoms with van der Waals surface area (Å²) in [4.78, 5) is 20.6. The zero-order valence-corrected chi connectivity index (χ0v) is 15.9. The van der Waals surface area contributed by atoms with Gasteiger partial charge in [0.1, 0.15) is 0 Å². The van der Waals surface area contributed by atoms with Crippen LogP contribution in [-0.4, -0.2) is 11.2 Å². The fraction of sp³-hybridized carbons (Fsp3) is 0.500. The van der Waals surface area contributed by atoms with E-state index in [4.69, 9.17) is 0 Å². The van der Waals surface area contributed by atoms with Crippen molar-refractivity contribution in [2.24, 2.45) is 0 Å². The molecule has 143 valence electrons. The molecule has 0 rings (SSSR count). The summed E-state index contributed by atoms with van der Waals surface area (Å²) in [5, 5.41) is 10.9. The predicted octanol–water partition coefficient (Wildman–Crippen LogP) is 6.40. The normalized spacial score (nSPS) is 12.9. The van der Waals surface area contributed by atoms with Crippen molar-refractivity contribution in [1.29, 1.82) is 0 Å². The summed E-state index contributed by atoms with van der Waals surface area (Å²) in [6.07, 6.45) is 28.4. The van der Waals surface area contributed by atoms with Gasteiger partial charge in [-0.2, -0.15) is 0 Å². The molecule has 0 unspecified atom stereocenters. The Kier molecular flexibility index (Phi) is 17.5. The predicted molar refractivity (Wildman–Crippen MR) is 109 cm³/mol. The maximum Gasteiger partial charge on any atom is 0.246 e. The Bertz CT molecular complexity index is 513. The molecule has 4 nitrogen and oxygen atoms in total. The highest BCUT2D eigenvalue weighted by molar-refractivity contribution is 5.50. The van der Waals surface area contributed by atoms with E-state index in [1.54, 1.807) is 12.4 Å². The summed E-state index contributed by atoms with van der Waals surface area (Å²) in [5.74, 6) is 0. The Morgan fingerprint density at radius 2 is 1.46 bits per heavy atom. The Morgan fingerprint density at radius 3 is 2.00 bits per heavy atom. The topological polar surface area (TPSA) is 60.2 Å². The van der Waals surface area contributed by atoms with Crippen LogP contribution >= 0.6 is 0 Å². The minimum absolute atomic E-state index is 0.131. The van der Waals surface area contributed by atoms with Gasteiger partial charge in [-0.25, -0.2) is 0 Å². The van der Waals surface area contributed by atoms with E-state index >= 15 is 0 Å². The fourth-order valence-corrected chi connectivity index (χ4v) is 2.18. The lowest BCUT2D eigenvalue weighted by Crippen LogP contribution is -1.97. The van der Waals surface area contributed by atoms with Crippen LogP contribution in [0.5, 0.6) is 0 Å². The van der Waals surface area contributed by atoms with Gasteiger partial charge < -0.3 is 0 Å². The first-order chi connectivity index (χ1) is 12.7. The molecule has 0 bridgehead atoms. The highest BCUT2D eigenvalue weighted by Crippen LogP contribution is 2.06. The molecule has 4 heteroatoms. The molecule has 0 aromatic rings. The van der Waals surface area contributed by atoms with E-state index in [1.165, 1.54) is 31.8 Å². The van der Waals surface area contributed by atoms with Gasteiger partial charge in [-0.1, -0.05) is 68.4 Å². The third-order valence-corrected chi connectivity index (χ3v) is 3.65. The summed E-state index contributed by atoms with van der Waals surface area (Å²) in [6, 6.07) is 0. The molecule has 0 aliphatic rings. The van der Waals surface area contributed by atoms with Crippen molar-refractivity contribution in [2.45, 2.75) is 71.1 Å². The lowest BCUT2D eigenvalue weighted by Gasteiger charge is -1.93. The van der Waals surface area contributed by atoms with Crippen LogP contribution in [0.2, 0.25) is 0 Å². The maximum absolute atomic E-state index is 10.9. The Labute approximate surface area is 158 Å². The molecule has 0 amide bonds. The van der Waals surface area contributed by atoms with E-state index in [1.807, 2.05) is 6.08 Å². The van der Waals surface area contributed by atoms with Crippen LogP contribution in [0.4, 0.5) is 0 Å². The lowest BCUT2D eigenvalue weighted by atomic mass is 10.2. The van der Waals surface area contributed by atoms with Gasteiger partial charge in [-0.05, 0) is 44.6 Å². The number of rotatable bonds is 16. The molecule has 26 heavy (non-hydrogen) atoms. The fourth-order valence-electron chi connectivity index (χ4n) is 2.18. The van der Waals surface area contributed by atoms with Gasteiger partial charge in [0.05, 0.1) is 11.3 Å². The van der Waals surface area contributed by atoms with Gasteiger partial charge in [-0.3, -0.25) is 14.9 Å². The van der Waals surface area contributed by atoms with E-state index in [-0.39, 0.29) is 18.5 Å². The maximum atomic E-state index is 10.9. The molecule has 0 aliphatic heterocycles. The quantitative estimate of drug-likeness (QED) is 0.139. The summed E-state index contributed by atoms with van der Waals surface area (Å²) in [6.45, 7) is 2.22. The molecule has 0 saturated carbocycles.